The molecule has 1 heterocycles. The lowest BCUT2D eigenvalue weighted by Gasteiger charge is -2.18. The second-order valence-corrected chi connectivity index (χ2v) is 7.29. The van der Waals surface area contributed by atoms with Gasteiger partial charge < -0.3 is 5.11 Å². The number of carbonyl (C=O) groups is 1. The number of rotatable bonds is 8. The molecule has 1 aromatic heterocycles. The Labute approximate surface area is 141 Å². The topological polar surface area (TPSA) is 96.4 Å². The Morgan fingerprint density at radius 3 is 2.50 bits per heavy atom. The minimum absolute atomic E-state index is 0.0708. The van der Waals surface area contributed by atoms with Crippen LogP contribution in [0.1, 0.15) is 24.1 Å². The Hall–Kier alpha value is -2.25. The van der Waals surface area contributed by atoms with Crippen LogP contribution in [0.3, 0.4) is 0 Å². The first kappa shape index (κ1) is 18.1. The molecule has 7 heteroatoms. The van der Waals surface area contributed by atoms with Gasteiger partial charge in [0, 0.05) is 24.4 Å². The zero-order chi connectivity index (χ0) is 17.6. The minimum atomic E-state index is -3.75. The number of sulfonamides is 1. The zero-order valence-corrected chi connectivity index (χ0v) is 14.2. The highest BCUT2D eigenvalue weighted by Gasteiger charge is 2.21. The van der Waals surface area contributed by atoms with Crippen molar-refractivity contribution in [1.82, 2.24) is 9.71 Å². The first-order valence-electron chi connectivity index (χ1n) is 7.57. The molecule has 24 heavy (non-hydrogen) atoms. The predicted molar refractivity (Wildman–Crippen MR) is 90.1 cm³/mol. The van der Waals surface area contributed by atoms with E-state index in [0.717, 1.165) is 11.3 Å². The van der Waals surface area contributed by atoms with E-state index in [0.29, 0.717) is 6.42 Å². The number of carboxylic acids is 1. The smallest absolute Gasteiger partial charge is 0.303 e. The van der Waals surface area contributed by atoms with Crippen LogP contribution in [0, 0.1) is 6.92 Å². The number of nitrogens with one attached hydrogen (secondary N) is 1. The summed E-state index contributed by atoms with van der Waals surface area (Å²) in [6.07, 6.45) is 1.83. The molecular weight excluding hydrogens is 328 g/mol. The van der Waals surface area contributed by atoms with Crippen LogP contribution in [-0.2, 0) is 21.2 Å². The van der Waals surface area contributed by atoms with Crippen molar-refractivity contribution in [2.75, 3.05) is 0 Å². The van der Waals surface area contributed by atoms with Gasteiger partial charge in [-0.05, 0) is 37.5 Å². The lowest BCUT2D eigenvalue weighted by Crippen LogP contribution is -2.37. The van der Waals surface area contributed by atoms with Crippen LogP contribution in [0.4, 0.5) is 0 Å². The van der Waals surface area contributed by atoms with Crippen molar-refractivity contribution >= 4 is 16.0 Å². The Morgan fingerprint density at radius 2 is 1.92 bits per heavy atom. The van der Waals surface area contributed by atoms with Crippen molar-refractivity contribution in [1.29, 1.82) is 0 Å². The number of hydrogen-bond acceptors (Lipinski definition) is 4. The standard InChI is InChI=1S/C17H20N2O4S/c1-13-7-9-16(12-18-13)24(22,23)19-15(8-10-17(20)21)11-14-5-3-2-4-6-14/h2-7,9,12,15,19H,8,10-11H2,1H3,(H,20,21). The summed E-state index contributed by atoms with van der Waals surface area (Å²) in [5, 5.41) is 8.89. The second-order valence-electron chi connectivity index (χ2n) is 5.58. The summed E-state index contributed by atoms with van der Waals surface area (Å²) in [6.45, 7) is 1.77. The van der Waals surface area contributed by atoms with Crippen molar-refractivity contribution in [3.63, 3.8) is 0 Å². The van der Waals surface area contributed by atoms with Crippen LogP contribution in [0.5, 0.6) is 0 Å². The van der Waals surface area contributed by atoms with Gasteiger partial charge in [0.2, 0.25) is 10.0 Å². The number of pyridine rings is 1. The molecule has 0 aliphatic heterocycles. The molecule has 1 aromatic carbocycles. The van der Waals surface area contributed by atoms with Crippen molar-refractivity contribution in [3.8, 4) is 0 Å². The van der Waals surface area contributed by atoms with Crippen LogP contribution >= 0.6 is 0 Å². The average molecular weight is 348 g/mol. The van der Waals surface area contributed by atoms with E-state index in [4.69, 9.17) is 5.11 Å². The first-order valence-corrected chi connectivity index (χ1v) is 9.06. The number of hydrogen-bond donors (Lipinski definition) is 2. The van der Waals surface area contributed by atoms with E-state index in [9.17, 15) is 13.2 Å². The SMILES string of the molecule is Cc1ccc(S(=O)(=O)NC(CCC(=O)O)Cc2ccccc2)cn1. The maximum atomic E-state index is 12.5. The van der Waals surface area contributed by atoms with E-state index in [-0.39, 0.29) is 17.7 Å². The summed E-state index contributed by atoms with van der Waals surface area (Å²) in [6, 6.07) is 12.0. The molecule has 1 atom stereocenters. The van der Waals surface area contributed by atoms with Gasteiger partial charge in [-0.3, -0.25) is 9.78 Å². The third kappa shape index (κ3) is 5.43. The number of aliphatic carboxylic acids is 1. The van der Waals surface area contributed by atoms with Gasteiger partial charge in [-0.1, -0.05) is 30.3 Å². The van der Waals surface area contributed by atoms with E-state index in [2.05, 4.69) is 9.71 Å². The Kier molecular flexibility index (Phi) is 6.05. The average Bonchev–Trinajstić information content (AvgIpc) is 2.54. The van der Waals surface area contributed by atoms with Gasteiger partial charge in [-0.25, -0.2) is 13.1 Å². The van der Waals surface area contributed by atoms with Crippen molar-refractivity contribution in [2.24, 2.45) is 0 Å². The summed E-state index contributed by atoms with van der Waals surface area (Å²) >= 11 is 0. The number of carboxylic acid groups (broad SMARTS) is 1. The maximum absolute atomic E-state index is 12.5. The number of nitrogens with zero attached hydrogens (tertiary/aromatic N) is 1. The highest BCUT2D eigenvalue weighted by molar-refractivity contribution is 7.89. The summed E-state index contributed by atoms with van der Waals surface area (Å²) in [5.74, 6) is -0.954. The second kappa shape index (κ2) is 8.03. The molecule has 0 bridgehead atoms. The molecule has 2 aromatic rings. The third-order valence-corrected chi connectivity index (χ3v) is 5.05. The van der Waals surface area contributed by atoms with E-state index >= 15 is 0 Å². The molecule has 0 aliphatic rings. The van der Waals surface area contributed by atoms with Crippen LogP contribution in [0.2, 0.25) is 0 Å². The quantitative estimate of drug-likeness (QED) is 0.762. The summed E-state index contributed by atoms with van der Waals surface area (Å²) in [7, 11) is -3.75. The minimum Gasteiger partial charge on any atom is -0.481 e. The van der Waals surface area contributed by atoms with E-state index in [1.807, 2.05) is 30.3 Å². The third-order valence-electron chi connectivity index (χ3n) is 3.55. The number of aromatic nitrogens is 1. The molecule has 0 saturated heterocycles. The van der Waals surface area contributed by atoms with Crippen LogP contribution in [-0.4, -0.2) is 30.5 Å². The molecular formula is C17H20N2O4S. The van der Waals surface area contributed by atoms with Crippen LogP contribution < -0.4 is 4.72 Å². The molecule has 128 valence electrons. The van der Waals surface area contributed by atoms with E-state index in [1.165, 1.54) is 12.3 Å². The lowest BCUT2D eigenvalue weighted by molar-refractivity contribution is -0.137. The van der Waals surface area contributed by atoms with Crippen molar-refractivity contribution < 1.29 is 18.3 Å². The molecule has 0 radical (unpaired) electrons. The monoisotopic (exact) mass is 348 g/mol. The maximum Gasteiger partial charge on any atom is 0.303 e. The summed E-state index contributed by atoms with van der Waals surface area (Å²) in [5.41, 5.74) is 1.67. The molecule has 2 N–H and O–H groups in total. The van der Waals surface area contributed by atoms with Gasteiger partial charge in [0.25, 0.3) is 0 Å². The number of benzene rings is 1. The summed E-state index contributed by atoms with van der Waals surface area (Å²) < 4.78 is 27.6. The predicted octanol–water partition coefficient (Wildman–Crippen LogP) is 2.14. The van der Waals surface area contributed by atoms with Crippen molar-refractivity contribution in [3.05, 3.63) is 59.9 Å². The van der Waals surface area contributed by atoms with Crippen LogP contribution in [0.25, 0.3) is 0 Å². The molecule has 2 rings (SSSR count). The fourth-order valence-corrected chi connectivity index (χ4v) is 3.51. The van der Waals surface area contributed by atoms with E-state index in [1.54, 1.807) is 13.0 Å². The molecule has 0 saturated carbocycles. The lowest BCUT2D eigenvalue weighted by atomic mass is 10.0. The zero-order valence-electron chi connectivity index (χ0n) is 13.3. The fourth-order valence-electron chi connectivity index (χ4n) is 2.30. The largest absolute Gasteiger partial charge is 0.481 e. The molecule has 0 aliphatic carbocycles. The van der Waals surface area contributed by atoms with E-state index < -0.39 is 22.0 Å². The molecule has 0 amide bonds. The summed E-state index contributed by atoms with van der Waals surface area (Å²) in [4.78, 5) is 14.9. The highest BCUT2D eigenvalue weighted by atomic mass is 32.2. The van der Waals surface area contributed by atoms with Crippen molar-refractivity contribution in [2.45, 2.75) is 37.1 Å². The Bertz CT molecular complexity index is 774. The molecule has 0 spiro atoms. The fraction of sp³-hybridized carbons (Fsp3) is 0.294. The normalized spacial score (nSPS) is 12.7. The molecule has 1 unspecified atom stereocenters. The van der Waals surface area contributed by atoms with Gasteiger partial charge in [0.05, 0.1) is 0 Å². The first-order chi connectivity index (χ1) is 11.4. The Balaban J connectivity index is 2.16. The number of aryl methyl sites for hydroxylation is 1. The van der Waals surface area contributed by atoms with Gasteiger partial charge in [-0.2, -0.15) is 0 Å². The van der Waals surface area contributed by atoms with Gasteiger partial charge >= 0.3 is 5.97 Å². The highest BCUT2D eigenvalue weighted by Crippen LogP contribution is 2.13. The molecule has 6 nitrogen and oxygen atoms in total. The van der Waals surface area contributed by atoms with Gasteiger partial charge in [0.1, 0.15) is 4.90 Å². The Morgan fingerprint density at radius 1 is 1.21 bits per heavy atom. The molecule has 0 fully saturated rings. The van der Waals surface area contributed by atoms with Gasteiger partial charge in [-0.15, -0.1) is 0 Å². The van der Waals surface area contributed by atoms with Gasteiger partial charge in [0.15, 0.2) is 0 Å². The van der Waals surface area contributed by atoms with Crippen LogP contribution in [0.15, 0.2) is 53.6 Å².